The summed E-state index contributed by atoms with van der Waals surface area (Å²) in [5.74, 6) is 0.244. The quantitative estimate of drug-likeness (QED) is 0.287. The van der Waals surface area contributed by atoms with Gasteiger partial charge in [-0.05, 0) is 71.2 Å². The van der Waals surface area contributed by atoms with E-state index in [9.17, 15) is 0 Å². The predicted molar refractivity (Wildman–Crippen MR) is 148 cm³/mol. The number of anilines is 3. The van der Waals surface area contributed by atoms with Crippen molar-refractivity contribution in [2.75, 3.05) is 11.1 Å². The highest BCUT2D eigenvalue weighted by Crippen LogP contribution is 2.45. The van der Waals surface area contributed by atoms with Crippen molar-refractivity contribution in [1.29, 1.82) is 0 Å². The van der Waals surface area contributed by atoms with Gasteiger partial charge in [-0.25, -0.2) is 0 Å². The summed E-state index contributed by atoms with van der Waals surface area (Å²) in [4.78, 5) is 0. The van der Waals surface area contributed by atoms with E-state index in [0.717, 1.165) is 53.1 Å². The highest BCUT2D eigenvalue weighted by molar-refractivity contribution is 6.30. The molecule has 0 bridgehead atoms. The molecule has 34 heavy (non-hydrogen) atoms. The van der Waals surface area contributed by atoms with Crippen LogP contribution in [-0.4, -0.2) is 0 Å². The fourth-order valence-corrected chi connectivity index (χ4v) is 4.98. The molecule has 1 aliphatic carbocycles. The lowest BCUT2D eigenvalue weighted by molar-refractivity contribution is 0.289. The Morgan fingerprint density at radius 3 is 2.53 bits per heavy atom. The summed E-state index contributed by atoms with van der Waals surface area (Å²) in [6.45, 7) is 13.6. The Bertz CT molecular complexity index is 1180. The van der Waals surface area contributed by atoms with Gasteiger partial charge in [0.05, 0.1) is 17.4 Å². The largest absolute Gasteiger partial charge is 0.397 e. The van der Waals surface area contributed by atoms with E-state index < -0.39 is 0 Å². The first-order valence-electron chi connectivity index (χ1n) is 12.2. The minimum Gasteiger partial charge on any atom is -0.397 e. The molecule has 2 unspecified atom stereocenters. The van der Waals surface area contributed by atoms with Crippen LogP contribution in [0.3, 0.4) is 0 Å². The van der Waals surface area contributed by atoms with Crippen molar-refractivity contribution in [1.82, 2.24) is 5.32 Å². The standard InChI is InChI=1S/C30H36ClN3/c1-6-30(4,5)19(2)28-24(20(3)33-26-17-11-21-9-7-8-10-25(21)26)16-18-27(29(28)32)34-23-14-12-22(31)13-15-23/h7-10,12-16,18-19,26,33-34H,3,6,11,17,32H2,1-2,4-5H3. The van der Waals surface area contributed by atoms with Crippen LogP contribution in [-0.2, 0) is 6.42 Å². The number of hydrogen-bond acceptors (Lipinski definition) is 3. The number of nitrogens with one attached hydrogen (secondary N) is 2. The molecule has 0 aromatic heterocycles. The molecule has 0 radical (unpaired) electrons. The molecule has 0 aliphatic heterocycles. The number of hydrogen-bond donors (Lipinski definition) is 3. The molecule has 3 aromatic carbocycles. The van der Waals surface area contributed by atoms with Crippen LogP contribution in [0.2, 0.25) is 5.02 Å². The first-order valence-corrected chi connectivity index (χ1v) is 12.6. The molecule has 0 saturated heterocycles. The topological polar surface area (TPSA) is 50.1 Å². The monoisotopic (exact) mass is 473 g/mol. The van der Waals surface area contributed by atoms with Gasteiger partial charge in [-0.1, -0.05) is 82.6 Å². The first kappa shape index (κ1) is 24.2. The molecule has 0 spiro atoms. The van der Waals surface area contributed by atoms with Crippen molar-refractivity contribution < 1.29 is 0 Å². The van der Waals surface area contributed by atoms with Crippen LogP contribution in [0.1, 0.15) is 74.8 Å². The van der Waals surface area contributed by atoms with Crippen LogP contribution in [0.4, 0.5) is 17.1 Å². The second-order valence-corrected chi connectivity index (χ2v) is 10.5. The molecular weight excluding hydrogens is 438 g/mol. The van der Waals surface area contributed by atoms with Gasteiger partial charge in [0, 0.05) is 22.0 Å². The van der Waals surface area contributed by atoms with Crippen LogP contribution < -0.4 is 16.4 Å². The van der Waals surface area contributed by atoms with Gasteiger partial charge >= 0.3 is 0 Å². The minimum atomic E-state index is 0.0853. The molecule has 4 rings (SSSR count). The highest BCUT2D eigenvalue weighted by Gasteiger charge is 2.31. The fraction of sp³-hybridized carbons (Fsp3) is 0.333. The van der Waals surface area contributed by atoms with Crippen molar-refractivity contribution in [2.45, 2.75) is 58.9 Å². The molecule has 3 aromatic rings. The van der Waals surface area contributed by atoms with Crippen LogP contribution in [0.5, 0.6) is 0 Å². The summed E-state index contributed by atoms with van der Waals surface area (Å²) in [5, 5.41) is 7.93. The van der Waals surface area contributed by atoms with Crippen LogP contribution in [0.25, 0.3) is 5.70 Å². The van der Waals surface area contributed by atoms with Crippen LogP contribution in [0, 0.1) is 5.41 Å². The van der Waals surface area contributed by atoms with E-state index in [2.05, 4.69) is 81.3 Å². The Labute approximate surface area is 209 Å². The van der Waals surface area contributed by atoms with Crippen molar-refractivity contribution in [2.24, 2.45) is 5.41 Å². The molecule has 178 valence electrons. The smallest absolute Gasteiger partial charge is 0.0621 e. The number of aryl methyl sites for hydroxylation is 1. The van der Waals surface area contributed by atoms with Gasteiger partial charge in [0.1, 0.15) is 0 Å². The zero-order valence-corrected chi connectivity index (χ0v) is 21.5. The molecule has 2 atom stereocenters. The zero-order chi connectivity index (χ0) is 24.5. The molecule has 3 nitrogen and oxygen atoms in total. The summed E-state index contributed by atoms with van der Waals surface area (Å²) in [6, 6.07) is 20.9. The molecule has 1 aliphatic rings. The molecule has 0 amide bonds. The van der Waals surface area contributed by atoms with E-state index in [-0.39, 0.29) is 17.4 Å². The van der Waals surface area contributed by atoms with Gasteiger partial charge in [0.2, 0.25) is 0 Å². The molecule has 4 heteroatoms. The summed E-state index contributed by atoms with van der Waals surface area (Å²) in [7, 11) is 0. The number of nitrogen functional groups attached to an aromatic ring is 1. The maximum absolute atomic E-state index is 6.88. The SMILES string of the molecule is C=C(NC1CCc2ccccc21)c1ccc(Nc2ccc(Cl)cc2)c(N)c1C(C)C(C)(C)CC. The van der Waals surface area contributed by atoms with E-state index in [1.807, 2.05) is 24.3 Å². The Morgan fingerprint density at radius 2 is 1.82 bits per heavy atom. The summed E-state index contributed by atoms with van der Waals surface area (Å²) < 4.78 is 0. The number of halogens is 1. The van der Waals surface area contributed by atoms with E-state index in [4.69, 9.17) is 17.3 Å². The van der Waals surface area contributed by atoms with Gasteiger partial charge in [0.25, 0.3) is 0 Å². The molecule has 0 saturated carbocycles. The number of fused-ring (bicyclic) bond motifs is 1. The number of nitrogens with two attached hydrogens (primary N) is 1. The van der Waals surface area contributed by atoms with Crippen molar-refractivity contribution >= 4 is 34.4 Å². The zero-order valence-electron chi connectivity index (χ0n) is 20.7. The lowest BCUT2D eigenvalue weighted by atomic mass is 9.72. The summed E-state index contributed by atoms with van der Waals surface area (Å²) in [6.07, 6.45) is 3.23. The van der Waals surface area contributed by atoms with Gasteiger partial charge in [-0.15, -0.1) is 0 Å². The van der Waals surface area contributed by atoms with Crippen LogP contribution >= 0.6 is 11.6 Å². The lowest BCUT2D eigenvalue weighted by Crippen LogP contribution is -2.24. The van der Waals surface area contributed by atoms with E-state index in [0.29, 0.717) is 5.02 Å². The molecule has 0 heterocycles. The predicted octanol–water partition coefficient (Wildman–Crippen LogP) is 8.45. The Morgan fingerprint density at radius 1 is 1.12 bits per heavy atom. The van der Waals surface area contributed by atoms with Gasteiger partial charge in [0.15, 0.2) is 0 Å². The third-order valence-corrected chi connectivity index (χ3v) is 7.99. The first-order chi connectivity index (χ1) is 16.2. The van der Waals surface area contributed by atoms with Crippen molar-refractivity contribution in [3.8, 4) is 0 Å². The molecule has 0 fully saturated rings. The fourth-order valence-electron chi connectivity index (χ4n) is 4.86. The Kier molecular flexibility index (Phi) is 6.95. The number of rotatable bonds is 8. The summed E-state index contributed by atoms with van der Waals surface area (Å²) >= 11 is 6.07. The van der Waals surface area contributed by atoms with Crippen molar-refractivity contribution in [3.05, 3.63) is 94.5 Å². The second kappa shape index (κ2) is 9.76. The molecular formula is C30H36ClN3. The maximum Gasteiger partial charge on any atom is 0.0621 e. The third-order valence-electron chi connectivity index (χ3n) is 7.73. The van der Waals surface area contributed by atoms with Gasteiger partial charge in [-0.3, -0.25) is 0 Å². The maximum atomic E-state index is 6.88. The van der Waals surface area contributed by atoms with Crippen LogP contribution in [0.15, 0.2) is 67.2 Å². The third kappa shape index (κ3) is 4.81. The Balaban J connectivity index is 1.70. The normalized spacial score (nSPS) is 16.1. The average molecular weight is 474 g/mol. The summed E-state index contributed by atoms with van der Waals surface area (Å²) in [5.41, 5.74) is 15.6. The van der Waals surface area contributed by atoms with Crippen molar-refractivity contribution in [3.63, 3.8) is 0 Å². The minimum absolute atomic E-state index is 0.0853. The van der Waals surface area contributed by atoms with E-state index in [1.165, 1.54) is 11.1 Å². The van der Waals surface area contributed by atoms with Gasteiger partial charge < -0.3 is 16.4 Å². The molecule has 4 N–H and O–H groups in total. The highest BCUT2D eigenvalue weighted by atomic mass is 35.5. The lowest BCUT2D eigenvalue weighted by Gasteiger charge is -2.34. The Hall–Kier alpha value is -2.91. The van der Waals surface area contributed by atoms with E-state index in [1.54, 1.807) is 0 Å². The van der Waals surface area contributed by atoms with E-state index >= 15 is 0 Å². The van der Waals surface area contributed by atoms with Gasteiger partial charge in [-0.2, -0.15) is 0 Å². The second-order valence-electron chi connectivity index (χ2n) is 10.1. The average Bonchev–Trinajstić information content (AvgIpc) is 3.23. The number of benzene rings is 3.